The molecule has 2 aliphatic heterocycles. The normalized spacial score (nSPS) is 19.9. The van der Waals surface area contributed by atoms with Gasteiger partial charge in [0.2, 0.25) is 5.91 Å². The van der Waals surface area contributed by atoms with E-state index in [1.54, 1.807) is 0 Å². The van der Waals surface area contributed by atoms with E-state index in [-0.39, 0.29) is 17.6 Å². The molecule has 1 N–H and O–H groups in total. The Bertz CT molecular complexity index is 658. The minimum Gasteiger partial charge on any atom is -0.490 e. The van der Waals surface area contributed by atoms with Crippen molar-refractivity contribution in [3.05, 3.63) is 29.3 Å². The number of likely N-dealkylation sites (tertiary alicyclic amines) is 1. The molecule has 0 bridgehead atoms. The van der Waals surface area contributed by atoms with Crippen molar-refractivity contribution in [3.8, 4) is 5.75 Å². The van der Waals surface area contributed by atoms with Crippen molar-refractivity contribution in [3.63, 3.8) is 0 Å². The van der Waals surface area contributed by atoms with Gasteiger partial charge in [0.15, 0.2) is 0 Å². The Morgan fingerprint density at radius 3 is 2.38 bits per heavy atom. The molecule has 6 nitrogen and oxygen atoms in total. The van der Waals surface area contributed by atoms with Crippen LogP contribution in [0.5, 0.6) is 5.75 Å². The molecule has 1 amide bonds. The summed E-state index contributed by atoms with van der Waals surface area (Å²) < 4.78 is 11.7. The molecule has 2 saturated heterocycles. The van der Waals surface area contributed by atoms with E-state index in [0.717, 1.165) is 58.0 Å². The van der Waals surface area contributed by atoms with E-state index >= 15 is 0 Å². The third-order valence-corrected chi connectivity index (χ3v) is 6.18. The van der Waals surface area contributed by atoms with Gasteiger partial charge in [0, 0.05) is 38.3 Å². The van der Waals surface area contributed by atoms with Crippen molar-refractivity contribution >= 4 is 5.91 Å². The van der Waals surface area contributed by atoms with Crippen molar-refractivity contribution in [2.45, 2.75) is 52.2 Å². The quantitative estimate of drug-likeness (QED) is 0.758. The highest BCUT2D eigenvalue weighted by Crippen LogP contribution is 2.26. The van der Waals surface area contributed by atoms with Crippen LogP contribution in [0.3, 0.4) is 0 Å². The molecule has 1 aromatic rings. The predicted molar refractivity (Wildman–Crippen MR) is 115 cm³/mol. The number of para-hydroxylation sites is 1. The lowest BCUT2D eigenvalue weighted by Gasteiger charge is -2.41. The number of ether oxygens (including phenoxy) is 2. The smallest absolute Gasteiger partial charge is 0.234 e. The van der Waals surface area contributed by atoms with E-state index in [4.69, 9.17) is 9.47 Å². The molecule has 0 spiro atoms. The summed E-state index contributed by atoms with van der Waals surface area (Å²) in [6.45, 7) is 14.9. The maximum atomic E-state index is 12.5. The van der Waals surface area contributed by atoms with E-state index < -0.39 is 0 Å². The molecule has 2 aliphatic rings. The molecule has 0 saturated carbocycles. The average molecular weight is 404 g/mol. The number of hydrogen-bond donors (Lipinski definition) is 1. The fourth-order valence-electron chi connectivity index (χ4n) is 4.19. The van der Waals surface area contributed by atoms with Gasteiger partial charge in [-0.25, -0.2) is 0 Å². The van der Waals surface area contributed by atoms with E-state index in [1.165, 1.54) is 11.1 Å². The second kappa shape index (κ2) is 9.92. The highest BCUT2D eigenvalue weighted by Gasteiger charge is 2.29. The van der Waals surface area contributed by atoms with Gasteiger partial charge in [-0.1, -0.05) is 18.2 Å². The van der Waals surface area contributed by atoms with Gasteiger partial charge in [-0.2, -0.15) is 0 Å². The first-order valence-electron chi connectivity index (χ1n) is 10.9. The summed E-state index contributed by atoms with van der Waals surface area (Å²) in [6, 6.07) is 6.26. The highest BCUT2D eigenvalue weighted by molar-refractivity contribution is 5.78. The summed E-state index contributed by atoms with van der Waals surface area (Å²) in [7, 11) is 0. The second-order valence-electron chi connectivity index (χ2n) is 9.00. The summed E-state index contributed by atoms with van der Waals surface area (Å²) >= 11 is 0. The van der Waals surface area contributed by atoms with Crippen LogP contribution in [0.4, 0.5) is 0 Å². The van der Waals surface area contributed by atoms with Crippen molar-refractivity contribution < 1.29 is 14.3 Å². The molecule has 1 aromatic carbocycles. The van der Waals surface area contributed by atoms with Gasteiger partial charge in [-0.3, -0.25) is 14.6 Å². The van der Waals surface area contributed by atoms with Gasteiger partial charge in [0.05, 0.1) is 19.8 Å². The maximum absolute atomic E-state index is 12.5. The molecule has 0 aliphatic carbocycles. The standard InChI is InChI=1S/C23H37N3O3/c1-18-6-5-7-19(2)22(18)29-20-8-10-25(11-9-20)16-21(27)24-17-23(3,4)26-12-14-28-15-13-26/h5-7,20H,8-17H2,1-4H3,(H,24,27). The van der Waals surface area contributed by atoms with Crippen LogP contribution in [0, 0.1) is 13.8 Å². The molecule has 2 fully saturated rings. The zero-order valence-electron chi connectivity index (χ0n) is 18.5. The lowest BCUT2D eigenvalue weighted by molar-refractivity contribution is -0.123. The summed E-state index contributed by atoms with van der Waals surface area (Å²) in [5.41, 5.74) is 2.33. The van der Waals surface area contributed by atoms with Gasteiger partial charge in [0.25, 0.3) is 0 Å². The molecule has 0 unspecified atom stereocenters. The van der Waals surface area contributed by atoms with Crippen LogP contribution in [0.15, 0.2) is 18.2 Å². The minimum atomic E-state index is -0.0499. The Morgan fingerprint density at radius 1 is 1.14 bits per heavy atom. The summed E-state index contributed by atoms with van der Waals surface area (Å²) in [6.07, 6.45) is 2.15. The van der Waals surface area contributed by atoms with Gasteiger partial charge in [-0.05, 0) is 51.7 Å². The van der Waals surface area contributed by atoms with Gasteiger partial charge >= 0.3 is 0 Å². The Morgan fingerprint density at radius 2 is 1.76 bits per heavy atom. The number of benzene rings is 1. The SMILES string of the molecule is Cc1cccc(C)c1OC1CCN(CC(=O)NCC(C)(C)N2CCOCC2)CC1. The van der Waals surface area contributed by atoms with Crippen molar-refractivity contribution in [1.82, 2.24) is 15.1 Å². The zero-order chi connectivity index (χ0) is 20.9. The first kappa shape index (κ1) is 22.1. The number of nitrogens with zero attached hydrogens (tertiary/aromatic N) is 2. The van der Waals surface area contributed by atoms with E-state index in [9.17, 15) is 4.79 Å². The van der Waals surface area contributed by atoms with Gasteiger partial charge in [-0.15, -0.1) is 0 Å². The number of piperidine rings is 1. The van der Waals surface area contributed by atoms with Crippen LogP contribution < -0.4 is 10.1 Å². The van der Waals surface area contributed by atoms with Gasteiger partial charge < -0.3 is 14.8 Å². The van der Waals surface area contributed by atoms with E-state index in [0.29, 0.717) is 13.1 Å². The number of carbonyl (C=O) groups excluding carboxylic acids is 1. The maximum Gasteiger partial charge on any atom is 0.234 e. The molecular formula is C23H37N3O3. The van der Waals surface area contributed by atoms with Crippen LogP contribution in [0.1, 0.15) is 37.8 Å². The largest absolute Gasteiger partial charge is 0.490 e. The minimum absolute atomic E-state index is 0.0499. The summed E-state index contributed by atoms with van der Waals surface area (Å²) in [4.78, 5) is 17.1. The molecule has 2 heterocycles. The Hall–Kier alpha value is -1.63. The lowest BCUT2D eigenvalue weighted by Crippen LogP contribution is -2.56. The fraction of sp³-hybridized carbons (Fsp3) is 0.696. The lowest BCUT2D eigenvalue weighted by atomic mass is 10.0. The molecule has 29 heavy (non-hydrogen) atoms. The fourth-order valence-corrected chi connectivity index (χ4v) is 4.19. The molecule has 0 aromatic heterocycles. The number of carbonyl (C=O) groups is 1. The van der Waals surface area contributed by atoms with E-state index in [2.05, 4.69) is 61.0 Å². The van der Waals surface area contributed by atoms with Crippen molar-refractivity contribution in [2.24, 2.45) is 0 Å². The molecule has 0 atom stereocenters. The molecule has 6 heteroatoms. The third kappa shape index (κ3) is 6.17. The van der Waals surface area contributed by atoms with Crippen molar-refractivity contribution in [2.75, 3.05) is 52.5 Å². The van der Waals surface area contributed by atoms with Crippen LogP contribution in [-0.2, 0) is 9.53 Å². The predicted octanol–water partition coefficient (Wildman–Crippen LogP) is 2.37. The van der Waals surface area contributed by atoms with Crippen molar-refractivity contribution in [1.29, 1.82) is 0 Å². The summed E-state index contributed by atoms with van der Waals surface area (Å²) in [5, 5.41) is 3.14. The molecule has 162 valence electrons. The van der Waals surface area contributed by atoms with Gasteiger partial charge in [0.1, 0.15) is 11.9 Å². The zero-order valence-corrected chi connectivity index (χ0v) is 18.5. The molecule has 3 rings (SSSR count). The highest BCUT2D eigenvalue weighted by atomic mass is 16.5. The molecule has 0 radical (unpaired) electrons. The number of morpholine rings is 1. The topological polar surface area (TPSA) is 54.0 Å². The number of amides is 1. The Labute approximate surface area is 175 Å². The Kier molecular flexibility index (Phi) is 7.55. The number of nitrogens with one attached hydrogen (secondary N) is 1. The van der Waals surface area contributed by atoms with Crippen LogP contribution in [0.25, 0.3) is 0 Å². The molecular weight excluding hydrogens is 366 g/mol. The number of hydrogen-bond acceptors (Lipinski definition) is 5. The van der Waals surface area contributed by atoms with E-state index in [1.807, 2.05) is 0 Å². The summed E-state index contributed by atoms with van der Waals surface area (Å²) in [5.74, 6) is 1.13. The third-order valence-electron chi connectivity index (χ3n) is 6.18. The van der Waals surface area contributed by atoms with Crippen LogP contribution in [-0.4, -0.2) is 79.8 Å². The van der Waals surface area contributed by atoms with Crippen LogP contribution in [0.2, 0.25) is 0 Å². The Balaban J connectivity index is 1.39. The number of rotatable bonds is 7. The monoisotopic (exact) mass is 403 g/mol. The first-order chi connectivity index (χ1) is 13.8. The second-order valence-corrected chi connectivity index (χ2v) is 9.00. The first-order valence-corrected chi connectivity index (χ1v) is 10.9. The average Bonchev–Trinajstić information content (AvgIpc) is 2.71. The van der Waals surface area contributed by atoms with Crippen LogP contribution >= 0.6 is 0 Å². The number of aryl methyl sites for hydroxylation is 2.